The van der Waals surface area contributed by atoms with Gasteiger partial charge in [-0.25, -0.2) is 0 Å². The van der Waals surface area contributed by atoms with Gasteiger partial charge in [-0.15, -0.1) is 0 Å². The van der Waals surface area contributed by atoms with Crippen molar-refractivity contribution in [1.82, 2.24) is 4.98 Å². The average molecular weight is 265 g/mol. The Balaban J connectivity index is 2.14. The molecule has 4 nitrogen and oxygen atoms in total. The highest BCUT2D eigenvalue weighted by atomic mass is 35.5. The smallest absolute Gasteiger partial charge is 0.303 e. The van der Waals surface area contributed by atoms with E-state index in [0.29, 0.717) is 18.0 Å². The van der Waals surface area contributed by atoms with Crippen LogP contribution in [-0.2, 0) is 4.79 Å². The summed E-state index contributed by atoms with van der Waals surface area (Å²) in [6.45, 7) is 0.597. The molecule has 0 fully saturated rings. The summed E-state index contributed by atoms with van der Waals surface area (Å²) in [5, 5.41) is 13.3. The molecule has 0 aliphatic rings. The second-order valence-electron chi connectivity index (χ2n) is 3.92. The molecule has 94 valence electrons. The molecule has 0 radical (unpaired) electrons. The molecule has 2 aromatic rings. The Labute approximate surface area is 110 Å². The summed E-state index contributed by atoms with van der Waals surface area (Å²) < 4.78 is 0. The van der Waals surface area contributed by atoms with E-state index in [1.807, 2.05) is 24.3 Å². The van der Waals surface area contributed by atoms with Gasteiger partial charge in [-0.2, -0.15) is 0 Å². The SMILES string of the molecule is O=C(O)CCCNc1ccc(Cl)c2cccnc12. The largest absolute Gasteiger partial charge is 0.481 e. The number of rotatable bonds is 5. The lowest BCUT2D eigenvalue weighted by Crippen LogP contribution is -2.05. The van der Waals surface area contributed by atoms with Gasteiger partial charge in [0.15, 0.2) is 0 Å². The van der Waals surface area contributed by atoms with Crippen molar-refractivity contribution in [2.45, 2.75) is 12.8 Å². The molecule has 0 aliphatic carbocycles. The maximum absolute atomic E-state index is 10.4. The summed E-state index contributed by atoms with van der Waals surface area (Å²) in [5.41, 5.74) is 1.68. The van der Waals surface area contributed by atoms with Gasteiger partial charge < -0.3 is 10.4 Å². The van der Waals surface area contributed by atoms with Gasteiger partial charge >= 0.3 is 5.97 Å². The van der Waals surface area contributed by atoms with Gasteiger partial charge in [0.05, 0.1) is 16.2 Å². The molecule has 0 unspecified atom stereocenters. The van der Waals surface area contributed by atoms with Gasteiger partial charge in [0.25, 0.3) is 0 Å². The fourth-order valence-corrected chi connectivity index (χ4v) is 1.96. The molecular formula is C13H13ClN2O2. The van der Waals surface area contributed by atoms with Gasteiger partial charge in [-0.1, -0.05) is 11.6 Å². The van der Waals surface area contributed by atoms with Crippen LogP contribution in [0.3, 0.4) is 0 Å². The highest BCUT2D eigenvalue weighted by molar-refractivity contribution is 6.35. The first-order valence-electron chi connectivity index (χ1n) is 5.67. The number of carboxylic acid groups (broad SMARTS) is 1. The number of carboxylic acids is 1. The minimum absolute atomic E-state index is 0.159. The van der Waals surface area contributed by atoms with Crippen molar-refractivity contribution in [3.05, 3.63) is 35.5 Å². The zero-order valence-electron chi connectivity index (χ0n) is 9.69. The molecule has 0 spiro atoms. The quantitative estimate of drug-likeness (QED) is 0.815. The molecule has 0 saturated carbocycles. The summed E-state index contributed by atoms with van der Waals surface area (Å²) in [5.74, 6) is -0.782. The molecule has 0 amide bonds. The van der Waals surface area contributed by atoms with Crippen molar-refractivity contribution in [2.75, 3.05) is 11.9 Å². The molecule has 0 aliphatic heterocycles. The van der Waals surface area contributed by atoms with Crippen molar-refractivity contribution in [2.24, 2.45) is 0 Å². The standard InChI is InChI=1S/C13H13ClN2O2/c14-10-5-6-11(15-7-2-4-12(17)18)13-9(10)3-1-8-16-13/h1,3,5-6,8,15H,2,4,7H2,(H,17,18). The first-order chi connectivity index (χ1) is 8.68. The number of aliphatic carboxylic acids is 1. The lowest BCUT2D eigenvalue weighted by molar-refractivity contribution is -0.137. The summed E-state index contributed by atoms with van der Waals surface area (Å²) >= 11 is 6.09. The molecule has 0 bridgehead atoms. The van der Waals surface area contributed by atoms with Gasteiger partial charge in [0, 0.05) is 24.5 Å². The van der Waals surface area contributed by atoms with Crippen LogP contribution in [0, 0.1) is 0 Å². The van der Waals surface area contributed by atoms with E-state index >= 15 is 0 Å². The van der Waals surface area contributed by atoms with Crippen LogP contribution in [0.25, 0.3) is 10.9 Å². The van der Waals surface area contributed by atoms with E-state index < -0.39 is 5.97 Å². The number of carbonyl (C=O) groups is 1. The van der Waals surface area contributed by atoms with Crippen LogP contribution in [0.2, 0.25) is 5.02 Å². The number of benzene rings is 1. The van der Waals surface area contributed by atoms with Crippen LogP contribution < -0.4 is 5.32 Å². The van der Waals surface area contributed by atoms with Crippen LogP contribution in [-0.4, -0.2) is 22.6 Å². The molecule has 2 N–H and O–H groups in total. The predicted molar refractivity (Wildman–Crippen MR) is 72.1 cm³/mol. The predicted octanol–water partition coefficient (Wildman–Crippen LogP) is 3.16. The zero-order chi connectivity index (χ0) is 13.0. The molecule has 1 aromatic carbocycles. The molecule has 0 atom stereocenters. The van der Waals surface area contributed by atoms with E-state index in [-0.39, 0.29) is 6.42 Å². The molecule has 1 heterocycles. The third-order valence-electron chi connectivity index (χ3n) is 2.60. The van der Waals surface area contributed by atoms with Crippen LogP contribution in [0.5, 0.6) is 0 Å². The number of hydrogen-bond acceptors (Lipinski definition) is 3. The number of fused-ring (bicyclic) bond motifs is 1. The van der Waals surface area contributed by atoms with Gasteiger partial charge in [-0.3, -0.25) is 9.78 Å². The van der Waals surface area contributed by atoms with Crippen molar-refractivity contribution in [3.63, 3.8) is 0 Å². The maximum atomic E-state index is 10.4. The van der Waals surface area contributed by atoms with Crippen molar-refractivity contribution >= 4 is 34.2 Å². The number of halogens is 1. The molecule has 2 rings (SSSR count). The second-order valence-corrected chi connectivity index (χ2v) is 4.33. The van der Waals surface area contributed by atoms with Gasteiger partial charge in [0.1, 0.15) is 0 Å². The van der Waals surface area contributed by atoms with Crippen LogP contribution in [0.15, 0.2) is 30.5 Å². The van der Waals surface area contributed by atoms with Crippen LogP contribution in [0.1, 0.15) is 12.8 Å². The molecule has 18 heavy (non-hydrogen) atoms. The fraction of sp³-hybridized carbons (Fsp3) is 0.231. The number of hydrogen-bond donors (Lipinski definition) is 2. The summed E-state index contributed by atoms with van der Waals surface area (Å²) in [6, 6.07) is 7.42. The van der Waals surface area contributed by atoms with Gasteiger partial charge in [-0.05, 0) is 30.7 Å². The topological polar surface area (TPSA) is 62.2 Å². The van der Waals surface area contributed by atoms with E-state index in [4.69, 9.17) is 16.7 Å². The van der Waals surface area contributed by atoms with Crippen LogP contribution in [0.4, 0.5) is 5.69 Å². The van der Waals surface area contributed by atoms with E-state index in [0.717, 1.165) is 16.6 Å². The third-order valence-corrected chi connectivity index (χ3v) is 2.93. The van der Waals surface area contributed by atoms with Crippen molar-refractivity contribution in [3.8, 4) is 0 Å². The minimum Gasteiger partial charge on any atom is -0.481 e. The third kappa shape index (κ3) is 2.90. The fourth-order valence-electron chi connectivity index (χ4n) is 1.74. The molecular weight excluding hydrogens is 252 g/mol. The highest BCUT2D eigenvalue weighted by Crippen LogP contribution is 2.27. The minimum atomic E-state index is -0.782. The molecule has 5 heteroatoms. The van der Waals surface area contributed by atoms with E-state index in [9.17, 15) is 4.79 Å². The lowest BCUT2D eigenvalue weighted by atomic mass is 10.2. The Kier molecular flexibility index (Phi) is 3.99. The Morgan fingerprint density at radius 1 is 1.39 bits per heavy atom. The van der Waals surface area contributed by atoms with E-state index in [1.54, 1.807) is 6.20 Å². The summed E-state index contributed by atoms with van der Waals surface area (Å²) in [6.07, 6.45) is 2.44. The summed E-state index contributed by atoms with van der Waals surface area (Å²) in [4.78, 5) is 14.7. The number of nitrogens with one attached hydrogen (secondary N) is 1. The van der Waals surface area contributed by atoms with Crippen LogP contribution >= 0.6 is 11.6 Å². The maximum Gasteiger partial charge on any atom is 0.303 e. The number of aromatic nitrogens is 1. The second kappa shape index (κ2) is 5.69. The Morgan fingerprint density at radius 3 is 3.00 bits per heavy atom. The number of nitrogens with zero attached hydrogens (tertiary/aromatic N) is 1. The highest BCUT2D eigenvalue weighted by Gasteiger charge is 2.05. The average Bonchev–Trinajstić information content (AvgIpc) is 2.37. The monoisotopic (exact) mass is 264 g/mol. The number of anilines is 1. The van der Waals surface area contributed by atoms with E-state index in [2.05, 4.69) is 10.3 Å². The summed E-state index contributed by atoms with van der Waals surface area (Å²) in [7, 11) is 0. The van der Waals surface area contributed by atoms with Crippen molar-refractivity contribution < 1.29 is 9.90 Å². The normalized spacial score (nSPS) is 10.5. The van der Waals surface area contributed by atoms with E-state index in [1.165, 1.54) is 0 Å². The number of pyridine rings is 1. The molecule has 1 aromatic heterocycles. The first-order valence-corrected chi connectivity index (χ1v) is 6.05. The van der Waals surface area contributed by atoms with Crippen molar-refractivity contribution in [1.29, 1.82) is 0 Å². The van der Waals surface area contributed by atoms with Gasteiger partial charge in [0.2, 0.25) is 0 Å². The zero-order valence-corrected chi connectivity index (χ0v) is 10.4. The Bertz CT molecular complexity index is 572. The molecule has 0 saturated heterocycles. The lowest BCUT2D eigenvalue weighted by Gasteiger charge is -2.09. The Hall–Kier alpha value is -1.81. The first kappa shape index (κ1) is 12.6. The Morgan fingerprint density at radius 2 is 2.22 bits per heavy atom.